The molecule has 0 rings (SSSR count). The average molecular weight is 205 g/mol. The number of hydrogen-bond donors (Lipinski definition) is 2. The van der Waals surface area contributed by atoms with Crippen molar-refractivity contribution in [2.75, 3.05) is 26.4 Å². The molecule has 0 aliphatic heterocycles. The van der Waals surface area contributed by atoms with Crippen LogP contribution in [-0.2, 0) is 14.3 Å². The number of carboxylic acid groups (broad SMARTS) is 1. The lowest BCUT2D eigenvalue weighted by atomic mass is 10.3. The highest BCUT2D eigenvalue weighted by Crippen LogP contribution is 1.94. The molecule has 1 atom stereocenters. The van der Waals surface area contributed by atoms with Crippen LogP contribution in [0.15, 0.2) is 0 Å². The molecule has 84 valence electrons. The molecule has 0 heterocycles. The lowest BCUT2D eigenvalue weighted by molar-refractivity contribution is -0.138. The van der Waals surface area contributed by atoms with Gasteiger partial charge in [-0.15, -0.1) is 0 Å². The summed E-state index contributed by atoms with van der Waals surface area (Å²) >= 11 is 0. The lowest BCUT2D eigenvalue weighted by Gasteiger charge is -2.11. The van der Waals surface area contributed by atoms with E-state index in [1.54, 1.807) is 0 Å². The number of carbonyl (C=O) groups is 1. The molecule has 0 radical (unpaired) electrons. The fourth-order valence-corrected chi connectivity index (χ4v) is 0.888. The zero-order valence-corrected chi connectivity index (χ0v) is 8.57. The Bertz CT molecular complexity index is 152. The second-order valence-electron chi connectivity index (χ2n) is 3.01. The summed E-state index contributed by atoms with van der Waals surface area (Å²) in [6, 6.07) is 0. The zero-order chi connectivity index (χ0) is 10.8. The molecule has 0 aromatic carbocycles. The van der Waals surface area contributed by atoms with Gasteiger partial charge in [0, 0.05) is 0 Å². The smallest absolute Gasteiger partial charge is 0.305 e. The molecule has 0 amide bonds. The third kappa shape index (κ3) is 9.44. The highest BCUT2D eigenvalue weighted by atomic mass is 16.5. The van der Waals surface area contributed by atoms with Gasteiger partial charge in [0.25, 0.3) is 0 Å². The van der Waals surface area contributed by atoms with E-state index in [4.69, 9.17) is 20.3 Å². The SMILES string of the molecule is CC(CCN)OCCOCCC(=O)O. The van der Waals surface area contributed by atoms with Crippen LogP contribution < -0.4 is 5.73 Å². The van der Waals surface area contributed by atoms with Gasteiger partial charge in [-0.3, -0.25) is 4.79 Å². The minimum absolute atomic E-state index is 0.0400. The molecule has 1 unspecified atom stereocenters. The summed E-state index contributed by atoms with van der Waals surface area (Å²) in [6.45, 7) is 3.72. The molecule has 3 N–H and O–H groups in total. The molecular weight excluding hydrogens is 186 g/mol. The van der Waals surface area contributed by atoms with E-state index in [2.05, 4.69) is 0 Å². The molecule has 0 fully saturated rings. The van der Waals surface area contributed by atoms with Crippen molar-refractivity contribution >= 4 is 5.97 Å². The summed E-state index contributed by atoms with van der Waals surface area (Å²) in [6.07, 6.45) is 1.01. The van der Waals surface area contributed by atoms with Gasteiger partial charge in [-0.1, -0.05) is 0 Å². The van der Waals surface area contributed by atoms with Gasteiger partial charge in [-0.05, 0) is 19.9 Å². The van der Waals surface area contributed by atoms with Gasteiger partial charge < -0.3 is 20.3 Å². The maximum atomic E-state index is 10.1. The van der Waals surface area contributed by atoms with E-state index >= 15 is 0 Å². The number of nitrogens with two attached hydrogens (primary N) is 1. The molecule has 0 aliphatic carbocycles. The van der Waals surface area contributed by atoms with E-state index in [1.807, 2.05) is 6.92 Å². The number of rotatable bonds is 9. The number of aliphatic carboxylic acids is 1. The standard InChI is InChI=1S/C9H19NO4/c1-8(2-4-10)14-7-6-13-5-3-9(11)12/h8H,2-7,10H2,1H3,(H,11,12). The van der Waals surface area contributed by atoms with E-state index < -0.39 is 5.97 Å². The second-order valence-corrected chi connectivity index (χ2v) is 3.01. The molecule has 14 heavy (non-hydrogen) atoms. The molecule has 0 bridgehead atoms. The van der Waals surface area contributed by atoms with Crippen molar-refractivity contribution in [3.05, 3.63) is 0 Å². The molecule has 0 saturated carbocycles. The summed E-state index contributed by atoms with van der Waals surface area (Å²) in [5.41, 5.74) is 5.34. The fourth-order valence-electron chi connectivity index (χ4n) is 0.888. The minimum atomic E-state index is -0.845. The highest BCUT2D eigenvalue weighted by Gasteiger charge is 2.00. The Morgan fingerprint density at radius 1 is 1.43 bits per heavy atom. The predicted molar refractivity (Wildman–Crippen MR) is 52.2 cm³/mol. The van der Waals surface area contributed by atoms with Crippen LogP contribution in [0, 0.1) is 0 Å². The number of ether oxygens (including phenoxy) is 2. The van der Waals surface area contributed by atoms with Crippen LogP contribution in [0.3, 0.4) is 0 Å². The number of carboxylic acids is 1. The van der Waals surface area contributed by atoms with Crippen LogP contribution in [0.4, 0.5) is 0 Å². The normalized spacial score (nSPS) is 12.7. The van der Waals surface area contributed by atoms with Gasteiger partial charge in [-0.25, -0.2) is 0 Å². The van der Waals surface area contributed by atoms with Crippen molar-refractivity contribution in [3.8, 4) is 0 Å². The Hall–Kier alpha value is -0.650. The molecule has 0 spiro atoms. The van der Waals surface area contributed by atoms with Crippen LogP contribution in [0.25, 0.3) is 0 Å². The maximum Gasteiger partial charge on any atom is 0.305 e. The summed E-state index contributed by atoms with van der Waals surface area (Å²) < 4.78 is 10.4. The van der Waals surface area contributed by atoms with E-state index in [-0.39, 0.29) is 19.1 Å². The van der Waals surface area contributed by atoms with Gasteiger partial charge in [0.2, 0.25) is 0 Å². The topological polar surface area (TPSA) is 81.8 Å². The first kappa shape index (κ1) is 13.4. The molecule has 5 heteroatoms. The third-order valence-corrected chi connectivity index (χ3v) is 1.66. The maximum absolute atomic E-state index is 10.1. The Morgan fingerprint density at radius 3 is 2.71 bits per heavy atom. The first-order valence-electron chi connectivity index (χ1n) is 4.78. The summed E-state index contributed by atoms with van der Waals surface area (Å²) in [5, 5.41) is 8.30. The molecular formula is C9H19NO4. The molecule has 0 aromatic heterocycles. The van der Waals surface area contributed by atoms with E-state index in [9.17, 15) is 4.79 Å². The lowest BCUT2D eigenvalue weighted by Crippen LogP contribution is -2.17. The largest absolute Gasteiger partial charge is 0.481 e. The fraction of sp³-hybridized carbons (Fsp3) is 0.889. The Kier molecular flexibility index (Phi) is 8.51. The van der Waals surface area contributed by atoms with Gasteiger partial charge in [-0.2, -0.15) is 0 Å². The Labute approximate surface area is 84.2 Å². The van der Waals surface area contributed by atoms with E-state index in [0.29, 0.717) is 19.8 Å². The van der Waals surface area contributed by atoms with Gasteiger partial charge in [0.05, 0.1) is 32.3 Å². The van der Waals surface area contributed by atoms with Crippen LogP contribution in [0.1, 0.15) is 19.8 Å². The van der Waals surface area contributed by atoms with Crippen molar-refractivity contribution in [2.24, 2.45) is 5.73 Å². The van der Waals surface area contributed by atoms with Crippen molar-refractivity contribution in [2.45, 2.75) is 25.9 Å². The van der Waals surface area contributed by atoms with Crippen molar-refractivity contribution in [1.82, 2.24) is 0 Å². The Balaban J connectivity index is 3.09. The van der Waals surface area contributed by atoms with Gasteiger partial charge in [0.15, 0.2) is 0 Å². The average Bonchev–Trinajstić information content (AvgIpc) is 2.11. The van der Waals surface area contributed by atoms with Crippen LogP contribution in [0.5, 0.6) is 0 Å². The van der Waals surface area contributed by atoms with Crippen molar-refractivity contribution < 1.29 is 19.4 Å². The van der Waals surface area contributed by atoms with Gasteiger partial charge in [0.1, 0.15) is 0 Å². The molecule has 0 aliphatic rings. The quantitative estimate of drug-likeness (QED) is 0.527. The van der Waals surface area contributed by atoms with E-state index in [0.717, 1.165) is 6.42 Å². The van der Waals surface area contributed by atoms with Crippen molar-refractivity contribution in [3.63, 3.8) is 0 Å². The van der Waals surface area contributed by atoms with Crippen LogP contribution >= 0.6 is 0 Å². The van der Waals surface area contributed by atoms with Gasteiger partial charge >= 0.3 is 5.97 Å². The third-order valence-electron chi connectivity index (χ3n) is 1.66. The molecule has 0 aromatic rings. The highest BCUT2D eigenvalue weighted by molar-refractivity contribution is 5.66. The predicted octanol–water partition coefficient (Wildman–Crippen LogP) is 0.232. The monoisotopic (exact) mass is 205 g/mol. The summed E-state index contributed by atoms with van der Waals surface area (Å²) in [4.78, 5) is 10.1. The van der Waals surface area contributed by atoms with Crippen molar-refractivity contribution in [1.29, 1.82) is 0 Å². The second kappa shape index (κ2) is 8.93. The van der Waals surface area contributed by atoms with E-state index in [1.165, 1.54) is 0 Å². The Morgan fingerprint density at radius 2 is 2.14 bits per heavy atom. The summed E-state index contributed by atoms with van der Waals surface area (Å²) in [7, 11) is 0. The molecule has 0 saturated heterocycles. The van der Waals surface area contributed by atoms with Crippen LogP contribution in [0.2, 0.25) is 0 Å². The first-order valence-corrected chi connectivity index (χ1v) is 4.78. The van der Waals surface area contributed by atoms with Crippen LogP contribution in [-0.4, -0.2) is 43.5 Å². The summed E-state index contributed by atoms with van der Waals surface area (Å²) in [5.74, 6) is -0.845. The number of hydrogen-bond acceptors (Lipinski definition) is 4. The zero-order valence-electron chi connectivity index (χ0n) is 8.57. The first-order chi connectivity index (χ1) is 6.66. The molecule has 5 nitrogen and oxygen atoms in total. The minimum Gasteiger partial charge on any atom is -0.481 e.